The molecule has 2 aromatic carbocycles. The Balaban J connectivity index is 1.56. The third-order valence-corrected chi connectivity index (χ3v) is 8.40. The number of nitrogens with one attached hydrogen (secondary N) is 2. The van der Waals surface area contributed by atoms with Gasteiger partial charge in [0, 0.05) is 29.1 Å². The lowest BCUT2D eigenvalue weighted by Gasteiger charge is -2.27. The van der Waals surface area contributed by atoms with Crippen LogP contribution in [0.3, 0.4) is 0 Å². The summed E-state index contributed by atoms with van der Waals surface area (Å²) in [5.41, 5.74) is 0.164. The first-order valence-corrected chi connectivity index (χ1v) is 14.7. The van der Waals surface area contributed by atoms with Gasteiger partial charge in [0.2, 0.25) is 0 Å². The monoisotopic (exact) mass is 576 g/mol. The molecule has 0 radical (unpaired) electrons. The Morgan fingerprint density at radius 1 is 1.15 bits per heavy atom. The van der Waals surface area contributed by atoms with Crippen molar-refractivity contribution in [2.45, 2.75) is 19.8 Å². The van der Waals surface area contributed by atoms with Gasteiger partial charge in [-0.3, -0.25) is 13.3 Å². The molecule has 39 heavy (non-hydrogen) atoms. The number of fused-ring (bicyclic) bond motifs is 1. The highest BCUT2D eigenvalue weighted by Crippen LogP contribution is 2.27. The molecule has 0 saturated carbocycles. The van der Waals surface area contributed by atoms with E-state index in [-0.39, 0.29) is 30.2 Å². The first-order valence-electron chi connectivity index (χ1n) is 11.9. The van der Waals surface area contributed by atoms with Crippen LogP contribution in [0.2, 0.25) is 0 Å². The van der Waals surface area contributed by atoms with Crippen LogP contribution in [0.4, 0.5) is 20.2 Å². The lowest BCUT2D eigenvalue weighted by Crippen LogP contribution is -2.30. The summed E-state index contributed by atoms with van der Waals surface area (Å²) >= 11 is -3.02. The molecule has 10 nitrogen and oxygen atoms in total. The van der Waals surface area contributed by atoms with E-state index in [1.165, 1.54) is 12.3 Å². The number of benzene rings is 2. The predicted molar refractivity (Wildman–Crippen MR) is 143 cm³/mol. The number of halogens is 2. The quantitative estimate of drug-likeness (QED) is 0.257. The lowest BCUT2D eigenvalue weighted by molar-refractivity contribution is 0.101. The summed E-state index contributed by atoms with van der Waals surface area (Å²) < 4.78 is 78.0. The van der Waals surface area contributed by atoms with Gasteiger partial charge in [0.25, 0.3) is 5.91 Å². The molecule has 0 aliphatic heterocycles. The van der Waals surface area contributed by atoms with Gasteiger partial charge in [-0.15, -0.1) is 0 Å². The van der Waals surface area contributed by atoms with Crippen LogP contribution in [-0.4, -0.2) is 56.1 Å². The summed E-state index contributed by atoms with van der Waals surface area (Å²) in [4.78, 5) is 24.5. The number of H-pyrrole nitrogens is 1. The number of nitrogens with zero attached hydrogens (tertiary/aromatic N) is 3. The van der Waals surface area contributed by atoms with Gasteiger partial charge in [-0.2, -0.15) is 0 Å². The Morgan fingerprint density at radius 2 is 1.90 bits per heavy atom. The van der Waals surface area contributed by atoms with Crippen LogP contribution < -0.4 is 9.62 Å². The minimum absolute atomic E-state index is 0.0601. The number of hydrogen-bond acceptors (Lipinski definition) is 7. The molecule has 1 amide bonds. The maximum atomic E-state index is 15.4. The second-order valence-corrected chi connectivity index (χ2v) is 11.8. The summed E-state index contributed by atoms with van der Waals surface area (Å²) in [6, 6.07) is 12.4. The van der Waals surface area contributed by atoms with Gasteiger partial charge in [-0.05, 0) is 31.0 Å². The zero-order valence-corrected chi connectivity index (χ0v) is 22.3. The largest absolute Gasteiger partial charge is 0.755 e. The molecule has 2 N–H and O–H groups in total. The van der Waals surface area contributed by atoms with E-state index in [1.807, 2.05) is 30.3 Å². The topological polar surface area (TPSA) is 148 Å². The highest BCUT2D eigenvalue weighted by atomic mass is 32.2. The van der Waals surface area contributed by atoms with Crippen molar-refractivity contribution in [3.8, 4) is 11.4 Å². The molecular formula is C25H24F2N5O5S2-. The molecule has 4 aromatic rings. The van der Waals surface area contributed by atoms with Gasteiger partial charge in [0.15, 0.2) is 11.5 Å². The third kappa shape index (κ3) is 6.64. The molecule has 4 rings (SSSR count). The van der Waals surface area contributed by atoms with Crippen molar-refractivity contribution < 1.29 is 30.8 Å². The summed E-state index contributed by atoms with van der Waals surface area (Å²) in [5.74, 6) is -3.61. The highest BCUT2D eigenvalue weighted by Gasteiger charge is 2.25. The normalized spacial score (nSPS) is 12.4. The predicted octanol–water partition coefficient (Wildman–Crippen LogP) is 3.97. The molecule has 206 valence electrons. The van der Waals surface area contributed by atoms with E-state index in [0.717, 1.165) is 17.7 Å². The number of pyridine rings is 1. The number of hydrogen-bond donors (Lipinski definition) is 2. The van der Waals surface area contributed by atoms with Crippen molar-refractivity contribution in [3.63, 3.8) is 0 Å². The number of carbonyl (C=O) groups excluding carboxylic acids is 1. The summed E-state index contributed by atoms with van der Waals surface area (Å²) in [6.45, 7) is 1.31. The maximum Gasteiger partial charge on any atom is 0.261 e. The Bertz CT molecular complexity index is 1630. The molecule has 1 unspecified atom stereocenters. The maximum absolute atomic E-state index is 15.4. The van der Waals surface area contributed by atoms with E-state index < -0.39 is 49.9 Å². The van der Waals surface area contributed by atoms with Crippen molar-refractivity contribution in [2.75, 3.05) is 27.7 Å². The number of aromatic nitrogens is 3. The summed E-state index contributed by atoms with van der Waals surface area (Å²) in [5, 5.41) is 2.37. The van der Waals surface area contributed by atoms with Crippen molar-refractivity contribution in [1.29, 1.82) is 0 Å². The van der Waals surface area contributed by atoms with E-state index >= 15 is 4.39 Å². The molecule has 2 heterocycles. The van der Waals surface area contributed by atoms with Gasteiger partial charge in [0.05, 0.1) is 28.8 Å². The lowest BCUT2D eigenvalue weighted by atomic mass is 10.1. The van der Waals surface area contributed by atoms with Crippen molar-refractivity contribution in [3.05, 3.63) is 71.9 Å². The highest BCUT2D eigenvalue weighted by molar-refractivity contribution is 7.91. The van der Waals surface area contributed by atoms with Crippen molar-refractivity contribution in [1.82, 2.24) is 15.0 Å². The molecule has 14 heteroatoms. The van der Waals surface area contributed by atoms with Gasteiger partial charge < -0.3 is 14.9 Å². The Hall–Kier alpha value is -3.75. The van der Waals surface area contributed by atoms with Gasteiger partial charge >= 0.3 is 0 Å². The first-order chi connectivity index (χ1) is 18.6. The van der Waals surface area contributed by atoms with E-state index in [9.17, 15) is 26.4 Å². The zero-order valence-electron chi connectivity index (χ0n) is 20.7. The second-order valence-electron chi connectivity index (χ2n) is 8.58. The van der Waals surface area contributed by atoms with Crippen LogP contribution in [-0.2, 0) is 21.1 Å². The molecule has 0 spiro atoms. The fourth-order valence-corrected chi connectivity index (χ4v) is 5.93. The van der Waals surface area contributed by atoms with Crippen molar-refractivity contribution in [2.24, 2.45) is 0 Å². The van der Waals surface area contributed by atoms with Crippen LogP contribution in [0.1, 0.15) is 30.1 Å². The van der Waals surface area contributed by atoms with Gasteiger partial charge in [-0.1, -0.05) is 37.3 Å². The SMILES string of the molecule is CCCS(=O)(=O)CCCN(c1ccc(F)c(C(=O)Nc2cnc3nc(-c4ccccc4)[nH]c3c2)c1F)S(=O)[O-]. The fraction of sp³-hybridized carbons (Fsp3) is 0.240. The molecule has 0 bridgehead atoms. The third-order valence-electron chi connectivity index (χ3n) is 5.72. The number of anilines is 2. The molecule has 0 saturated heterocycles. The number of rotatable bonds is 11. The smallest absolute Gasteiger partial charge is 0.261 e. The molecule has 1 atom stereocenters. The zero-order chi connectivity index (χ0) is 28.2. The summed E-state index contributed by atoms with van der Waals surface area (Å²) in [7, 11) is -3.40. The van der Waals surface area contributed by atoms with Crippen LogP contribution in [0.25, 0.3) is 22.6 Å². The van der Waals surface area contributed by atoms with Gasteiger partial charge in [0.1, 0.15) is 27.0 Å². The molecule has 0 aliphatic carbocycles. The van der Waals surface area contributed by atoms with E-state index in [1.54, 1.807) is 6.92 Å². The van der Waals surface area contributed by atoms with Crippen LogP contribution in [0.15, 0.2) is 54.7 Å². The minimum Gasteiger partial charge on any atom is -0.755 e. The number of amides is 1. The molecular weight excluding hydrogens is 552 g/mol. The number of imidazole rings is 1. The van der Waals surface area contributed by atoms with Crippen LogP contribution in [0, 0.1) is 11.6 Å². The number of aromatic amines is 1. The number of sulfone groups is 1. The van der Waals surface area contributed by atoms with Gasteiger partial charge in [-0.25, -0.2) is 27.2 Å². The van der Waals surface area contributed by atoms with Crippen LogP contribution in [0.5, 0.6) is 0 Å². The molecule has 0 fully saturated rings. The standard InChI is InChI=1S/C25H25F2N5O5S2/c1-2-12-39(36,37)13-6-11-32(38(34)35)20-10-9-18(26)21(22(20)27)25(33)29-17-14-19-24(28-15-17)31-23(30-19)16-7-4-3-5-8-16/h3-5,7-10,14-15H,2,6,11-13H2,1H3,(H,29,33)(H,34,35)(H,28,30,31)/p-1. The Morgan fingerprint density at radius 3 is 2.59 bits per heavy atom. The Kier molecular flexibility index (Phi) is 8.67. The van der Waals surface area contributed by atoms with Crippen LogP contribution >= 0.6 is 0 Å². The average molecular weight is 577 g/mol. The van der Waals surface area contributed by atoms with E-state index in [0.29, 0.717) is 27.7 Å². The molecule has 0 aliphatic rings. The van der Waals surface area contributed by atoms with E-state index in [4.69, 9.17) is 0 Å². The summed E-state index contributed by atoms with van der Waals surface area (Å²) in [6.07, 6.45) is 1.56. The average Bonchev–Trinajstić information content (AvgIpc) is 3.31. The van der Waals surface area contributed by atoms with E-state index in [2.05, 4.69) is 20.3 Å². The fourth-order valence-electron chi connectivity index (χ4n) is 3.95. The van der Waals surface area contributed by atoms with Crippen molar-refractivity contribution >= 4 is 49.5 Å². The second kappa shape index (κ2) is 12.0. The minimum atomic E-state index is -3.40. The first kappa shape index (κ1) is 28.3. The Labute approximate surface area is 225 Å². The molecule has 2 aromatic heterocycles. The number of carbonyl (C=O) groups is 1.